The lowest BCUT2D eigenvalue weighted by Crippen LogP contribution is -2.57. The molecular formula is C24H31N3O4. The van der Waals surface area contributed by atoms with E-state index < -0.39 is 0 Å². The van der Waals surface area contributed by atoms with Gasteiger partial charge in [0, 0.05) is 31.7 Å². The Labute approximate surface area is 183 Å². The maximum Gasteiger partial charge on any atom is 0.253 e. The topological polar surface area (TPSA) is 75.0 Å². The Bertz CT molecular complexity index is 851. The number of methoxy groups -OCH3 is 1. The van der Waals surface area contributed by atoms with Crippen LogP contribution in [0.1, 0.15) is 41.8 Å². The number of nitrogens with one attached hydrogen (secondary N) is 1. The summed E-state index contributed by atoms with van der Waals surface area (Å²) >= 11 is 0. The third-order valence-corrected chi connectivity index (χ3v) is 6.46. The van der Waals surface area contributed by atoms with Crippen molar-refractivity contribution in [1.29, 1.82) is 0 Å². The molecule has 1 aliphatic carbocycles. The molecular weight excluding hydrogens is 394 g/mol. The lowest BCUT2D eigenvalue weighted by molar-refractivity contribution is -0.129. The van der Waals surface area contributed by atoms with E-state index in [1.807, 2.05) is 29.2 Å². The van der Waals surface area contributed by atoms with Gasteiger partial charge in [-0.25, -0.2) is 0 Å². The Morgan fingerprint density at radius 3 is 2.42 bits per heavy atom. The van der Waals surface area contributed by atoms with Crippen molar-refractivity contribution in [2.24, 2.45) is 5.92 Å². The largest absolute Gasteiger partial charge is 0.497 e. The second-order valence-corrected chi connectivity index (χ2v) is 8.34. The van der Waals surface area contributed by atoms with Crippen LogP contribution in [-0.4, -0.2) is 60.9 Å². The number of nitrogens with zero attached hydrogens (tertiary/aromatic N) is 2. The van der Waals surface area contributed by atoms with E-state index >= 15 is 0 Å². The Morgan fingerprint density at radius 2 is 1.81 bits per heavy atom. The molecule has 4 rings (SSSR count). The standard InChI is InChI=1S/C24H31N3O4/c1-30-20-10-8-19(9-11-20)24(29)27-14-12-26(13-15-27)22(18-5-2-3-6-18)23(28)25-17-21-7-4-16-31-21/h4,7-11,16,18,22H,2-3,5-6,12-15,17H2,1H3,(H,25,28)/t22-/m0/s1. The van der Waals surface area contributed by atoms with Crippen molar-refractivity contribution in [2.75, 3.05) is 33.3 Å². The highest BCUT2D eigenvalue weighted by atomic mass is 16.5. The fraction of sp³-hybridized carbons (Fsp3) is 0.500. The van der Waals surface area contributed by atoms with Crippen molar-refractivity contribution < 1.29 is 18.7 Å². The summed E-state index contributed by atoms with van der Waals surface area (Å²) in [7, 11) is 1.61. The van der Waals surface area contributed by atoms with E-state index in [1.54, 1.807) is 25.5 Å². The maximum absolute atomic E-state index is 13.1. The molecule has 2 aliphatic rings. The highest BCUT2D eigenvalue weighted by Gasteiger charge is 2.37. The third kappa shape index (κ3) is 5.10. The van der Waals surface area contributed by atoms with E-state index in [0.29, 0.717) is 44.2 Å². The fourth-order valence-corrected chi connectivity index (χ4v) is 4.76. The Balaban J connectivity index is 1.37. The van der Waals surface area contributed by atoms with Crippen molar-refractivity contribution in [3.05, 3.63) is 54.0 Å². The summed E-state index contributed by atoms with van der Waals surface area (Å²) in [5.41, 5.74) is 0.665. The van der Waals surface area contributed by atoms with Crippen LogP contribution in [0, 0.1) is 5.92 Å². The first kappa shape index (κ1) is 21.4. The summed E-state index contributed by atoms with van der Waals surface area (Å²) < 4.78 is 10.5. The van der Waals surface area contributed by atoms with Gasteiger partial charge in [0.15, 0.2) is 0 Å². The minimum Gasteiger partial charge on any atom is -0.497 e. The minimum absolute atomic E-state index is 0.0296. The first-order chi connectivity index (χ1) is 15.2. The summed E-state index contributed by atoms with van der Waals surface area (Å²) in [5, 5.41) is 3.06. The smallest absolute Gasteiger partial charge is 0.253 e. The molecule has 0 radical (unpaired) electrons. The van der Waals surface area contributed by atoms with E-state index in [-0.39, 0.29) is 17.9 Å². The van der Waals surface area contributed by atoms with E-state index in [4.69, 9.17) is 9.15 Å². The average Bonchev–Trinajstić information content (AvgIpc) is 3.53. The lowest BCUT2D eigenvalue weighted by atomic mass is 9.95. The summed E-state index contributed by atoms with van der Waals surface area (Å²) in [6, 6.07) is 10.8. The van der Waals surface area contributed by atoms with Gasteiger partial charge in [-0.15, -0.1) is 0 Å². The predicted octanol–water partition coefficient (Wildman–Crippen LogP) is 2.92. The van der Waals surface area contributed by atoms with Gasteiger partial charge < -0.3 is 19.4 Å². The van der Waals surface area contributed by atoms with Crippen LogP contribution in [0.3, 0.4) is 0 Å². The molecule has 0 unspecified atom stereocenters. The third-order valence-electron chi connectivity index (χ3n) is 6.46. The maximum atomic E-state index is 13.1. The van der Waals surface area contributed by atoms with Crippen molar-refractivity contribution >= 4 is 11.8 Å². The van der Waals surface area contributed by atoms with Gasteiger partial charge in [0.2, 0.25) is 5.91 Å². The second kappa shape index (κ2) is 10.0. The highest BCUT2D eigenvalue weighted by Crippen LogP contribution is 2.31. The molecule has 1 saturated carbocycles. The number of rotatable bonds is 7. The number of carbonyl (C=O) groups is 2. The summed E-state index contributed by atoms with van der Waals surface area (Å²) in [4.78, 5) is 30.2. The van der Waals surface area contributed by atoms with Crippen LogP contribution in [0.2, 0.25) is 0 Å². The second-order valence-electron chi connectivity index (χ2n) is 8.34. The van der Waals surface area contributed by atoms with Crippen LogP contribution in [0.25, 0.3) is 0 Å². The van der Waals surface area contributed by atoms with Crippen molar-refractivity contribution in [1.82, 2.24) is 15.1 Å². The Morgan fingerprint density at radius 1 is 1.10 bits per heavy atom. The molecule has 7 nitrogen and oxygen atoms in total. The van der Waals surface area contributed by atoms with Crippen LogP contribution >= 0.6 is 0 Å². The normalized spacial score (nSPS) is 18.7. The summed E-state index contributed by atoms with van der Waals surface area (Å²) in [6.07, 6.45) is 6.16. The van der Waals surface area contributed by atoms with Gasteiger partial charge in [-0.2, -0.15) is 0 Å². The Kier molecular flexibility index (Phi) is 6.92. The number of benzene rings is 1. The minimum atomic E-state index is -0.143. The van der Waals surface area contributed by atoms with Crippen molar-refractivity contribution in [3.8, 4) is 5.75 Å². The summed E-state index contributed by atoms with van der Waals surface area (Å²) in [6.45, 7) is 3.07. The molecule has 2 fully saturated rings. The van der Waals surface area contributed by atoms with E-state index in [2.05, 4.69) is 10.2 Å². The Hall–Kier alpha value is -2.80. The zero-order valence-electron chi connectivity index (χ0n) is 18.1. The van der Waals surface area contributed by atoms with Gasteiger partial charge in [0.05, 0.1) is 26.0 Å². The molecule has 1 N–H and O–H groups in total. The number of hydrogen-bond donors (Lipinski definition) is 1. The SMILES string of the molecule is COc1ccc(C(=O)N2CCN([C@H](C(=O)NCc3ccco3)C3CCCC3)CC2)cc1. The zero-order chi connectivity index (χ0) is 21.6. The molecule has 2 aromatic rings. The predicted molar refractivity (Wildman–Crippen MR) is 117 cm³/mol. The number of amides is 2. The monoisotopic (exact) mass is 425 g/mol. The molecule has 1 aromatic heterocycles. The number of carbonyl (C=O) groups excluding carboxylic acids is 2. The highest BCUT2D eigenvalue weighted by molar-refractivity contribution is 5.94. The number of ether oxygens (including phenoxy) is 1. The van der Waals surface area contributed by atoms with Gasteiger partial charge in [-0.3, -0.25) is 14.5 Å². The molecule has 1 aromatic carbocycles. The van der Waals surface area contributed by atoms with Crippen molar-refractivity contribution in [2.45, 2.75) is 38.3 Å². The van der Waals surface area contributed by atoms with Gasteiger partial charge in [0.25, 0.3) is 5.91 Å². The van der Waals surface area contributed by atoms with Gasteiger partial charge in [-0.1, -0.05) is 12.8 Å². The quantitative estimate of drug-likeness (QED) is 0.738. The van der Waals surface area contributed by atoms with E-state index in [0.717, 1.165) is 24.4 Å². The molecule has 2 heterocycles. The first-order valence-corrected chi connectivity index (χ1v) is 11.1. The van der Waals surface area contributed by atoms with E-state index in [1.165, 1.54) is 12.8 Å². The molecule has 0 spiro atoms. The molecule has 166 valence electrons. The molecule has 31 heavy (non-hydrogen) atoms. The van der Waals surface area contributed by atoms with Crippen molar-refractivity contribution in [3.63, 3.8) is 0 Å². The lowest BCUT2D eigenvalue weighted by Gasteiger charge is -2.40. The molecule has 1 atom stereocenters. The van der Waals surface area contributed by atoms with Crippen LogP contribution in [0.15, 0.2) is 47.1 Å². The molecule has 7 heteroatoms. The van der Waals surface area contributed by atoms with Gasteiger partial charge in [0.1, 0.15) is 11.5 Å². The summed E-state index contributed by atoms with van der Waals surface area (Å²) in [5.74, 6) is 1.97. The van der Waals surface area contributed by atoms with Gasteiger partial charge in [-0.05, 0) is 55.2 Å². The molecule has 1 aliphatic heterocycles. The van der Waals surface area contributed by atoms with Crippen LogP contribution in [0.4, 0.5) is 0 Å². The molecule has 2 amide bonds. The van der Waals surface area contributed by atoms with Crippen LogP contribution in [0.5, 0.6) is 5.75 Å². The average molecular weight is 426 g/mol. The number of piperazine rings is 1. The fourth-order valence-electron chi connectivity index (χ4n) is 4.76. The van der Waals surface area contributed by atoms with Crippen LogP contribution < -0.4 is 10.1 Å². The zero-order valence-corrected chi connectivity index (χ0v) is 18.1. The number of furan rings is 1. The van der Waals surface area contributed by atoms with Crippen LogP contribution in [-0.2, 0) is 11.3 Å². The number of hydrogen-bond acceptors (Lipinski definition) is 5. The molecule has 0 bridgehead atoms. The molecule has 1 saturated heterocycles. The van der Waals surface area contributed by atoms with E-state index in [9.17, 15) is 9.59 Å². The first-order valence-electron chi connectivity index (χ1n) is 11.1. The van der Waals surface area contributed by atoms with Gasteiger partial charge >= 0.3 is 0 Å².